The number of nitrogens with one attached hydrogen (secondary N) is 1. The van der Waals surface area contributed by atoms with E-state index in [2.05, 4.69) is 5.32 Å². The highest BCUT2D eigenvalue weighted by atomic mass is 16.3. The fourth-order valence-corrected chi connectivity index (χ4v) is 2.44. The lowest BCUT2D eigenvalue weighted by Crippen LogP contribution is -2.23. The molecule has 0 unspecified atom stereocenters. The number of amides is 1. The van der Waals surface area contributed by atoms with Gasteiger partial charge in [0.05, 0.1) is 0 Å². The maximum Gasteiger partial charge on any atom is 0.225 e. The summed E-state index contributed by atoms with van der Waals surface area (Å²) >= 11 is 0. The minimum Gasteiger partial charge on any atom is -0.508 e. The number of hydrogen-bond donors (Lipinski definition) is 2. The van der Waals surface area contributed by atoms with Gasteiger partial charge in [0.15, 0.2) is 0 Å². The number of aromatic hydroxyl groups is 1. The van der Waals surface area contributed by atoms with Crippen LogP contribution >= 0.6 is 0 Å². The smallest absolute Gasteiger partial charge is 0.225 e. The molecule has 0 bridgehead atoms. The molecule has 0 aliphatic carbocycles. The second kappa shape index (κ2) is 4.18. The number of carbonyl (C=O) groups excluding carboxylic acids is 1. The van der Waals surface area contributed by atoms with Crippen molar-refractivity contribution in [2.75, 3.05) is 5.32 Å². The van der Waals surface area contributed by atoms with E-state index in [0.29, 0.717) is 12.1 Å². The first-order valence-corrected chi connectivity index (χ1v) is 5.92. The van der Waals surface area contributed by atoms with Gasteiger partial charge in [-0.15, -0.1) is 0 Å². The van der Waals surface area contributed by atoms with Gasteiger partial charge < -0.3 is 10.4 Å². The van der Waals surface area contributed by atoms with Crippen molar-refractivity contribution in [1.82, 2.24) is 0 Å². The van der Waals surface area contributed by atoms with E-state index in [-0.39, 0.29) is 17.6 Å². The van der Waals surface area contributed by atoms with Crippen molar-refractivity contribution in [3.8, 4) is 5.75 Å². The van der Waals surface area contributed by atoms with Crippen LogP contribution in [0.5, 0.6) is 5.75 Å². The Morgan fingerprint density at radius 3 is 2.67 bits per heavy atom. The number of carbonyl (C=O) groups is 1. The van der Waals surface area contributed by atoms with Crippen molar-refractivity contribution < 1.29 is 9.90 Å². The summed E-state index contributed by atoms with van der Waals surface area (Å²) in [5.74, 6) is 0.222. The van der Waals surface area contributed by atoms with Crippen molar-refractivity contribution in [2.24, 2.45) is 0 Å². The molecule has 18 heavy (non-hydrogen) atoms. The van der Waals surface area contributed by atoms with E-state index in [0.717, 1.165) is 11.1 Å². The van der Waals surface area contributed by atoms with E-state index in [9.17, 15) is 9.90 Å². The summed E-state index contributed by atoms with van der Waals surface area (Å²) in [5, 5.41) is 12.3. The Labute approximate surface area is 105 Å². The van der Waals surface area contributed by atoms with Crippen LogP contribution in [0, 0.1) is 0 Å². The third kappa shape index (κ3) is 1.84. The van der Waals surface area contributed by atoms with Gasteiger partial charge in [0.25, 0.3) is 0 Å². The number of phenols is 1. The molecule has 3 heteroatoms. The van der Waals surface area contributed by atoms with Gasteiger partial charge in [0.1, 0.15) is 5.75 Å². The highest BCUT2D eigenvalue weighted by Gasteiger charge is 2.26. The van der Waals surface area contributed by atoms with Crippen LogP contribution in [0.1, 0.15) is 23.5 Å². The fraction of sp³-hybridized carbons (Fsp3) is 0.133. The third-order valence-corrected chi connectivity index (χ3v) is 3.28. The molecule has 1 atom stereocenters. The molecule has 2 N–H and O–H groups in total. The Balaban J connectivity index is 2.10. The molecule has 1 amide bonds. The first-order valence-electron chi connectivity index (χ1n) is 5.92. The zero-order valence-corrected chi connectivity index (χ0v) is 9.76. The molecule has 0 aromatic heterocycles. The molecular formula is C15H13NO2. The number of fused-ring (bicyclic) bond motifs is 1. The predicted octanol–water partition coefficient (Wildman–Crippen LogP) is 2.87. The lowest BCUT2D eigenvalue weighted by atomic mass is 9.85. The third-order valence-electron chi connectivity index (χ3n) is 3.28. The molecule has 1 aliphatic heterocycles. The second-order valence-corrected chi connectivity index (χ2v) is 4.49. The number of rotatable bonds is 1. The topological polar surface area (TPSA) is 49.3 Å². The normalized spacial score (nSPS) is 18.0. The fourth-order valence-electron chi connectivity index (χ4n) is 2.44. The molecule has 90 valence electrons. The van der Waals surface area contributed by atoms with Crippen LogP contribution in [-0.4, -0.2) is 11.0 Å². The molecule has 0 radical (unpaired) electrons. The van der Waals surface area contributed by atoms with Gasteiger partial charge >= 0.3 is 0 Å². The average Bonchev–Trinajstić information content (AvgIpc) is 2.38. The monoisotopic (exact) mass is 239 g/mol. The highest BCUT2D eigenvalue weighted by Crippen LogP contribution is 2.38. The molecule has 2 aromatic carbocycles. The molecule has 0 fully saturated rings. The Kier molecular flexibility index (Phi) is 2.52. The van der Waals surface area contributed by atoms with Crippen LogP contribution in [0.4, 0.5) is 5.69 Å². The maximum atomic E-state index is 11.7. The zero-order chi connectivity index (χ0) is 12.5. The summed E-state index contributed by atoms with van der Waals surface area (Å²) in [6.07, 6.45) is 0.446. The standard InChI is InChI=1S/C15H13NO2/c17-11-6-7-12-13(10-4-2-1-3-5-10)9-15(18)16-14(12)8-11/h1-8,13,17H,9H2,(H,16,18)/t13-/m1/s1. The van der Waals surface area contributed by atoms with Crippen molar-refractivity contribution in [3.05, 3.63) is 59.7 Å². The van der Waals surface area contributed by atoms with E-state index in [1.165, 1.54) is 0 Å². The first-order chi connectivity index (χ1) is 8.74. The quantitative estimate of drug-likeness (QED) is 0.804. The van der Waals surface area contributed by atoms with Crippen molar-refractivity contribution in [2.45, 2.75) is 12.3 Å². The van der Waals surface area contributed by atoms with Crippen molar-refractivity contribution in [3.63, 3.8) is 0 Å². The lowest BCUT2D eigenvalue weighted by Gasteiger charge is -2.26. The summed E-state index contributed by atoms with van der Waals surface area (Å²) in [4.78, 5) is 11.7. The number of anilines is 1. The van der Waals surface area contributed by atoms with Crippen LogP contribution in [0.15, 0.2) is 48.5 Å². The van der Waals surface area contributed by atoms with Crippen molar-refractivity contribution >= 4 is 11.6 Å². The maximum absolute atomic E-state index is 11.7. The van der Waals surface area contributed by atoms with Gasteiger partial charge in [0.2, 0.25) is 5.91 Å². The van der Waals surface area contributed by atoms with Crippen LogP contribution in [0.25, 0.3) is 0 Å². The van der Waals surface area contributed by atoms with Crippen LogP contribution in [-0.2, 0) is 4.79 Å². The van der Waals surface area contributed by atoms with E-state index < -0.39 is 0 Å². The molecule has 3 rings (SSSR count). The average molecular weight is 239 g/mol. The number of hydrogen-bond acceptors (Lipinski definition) is 2. The van der Waals surface area contributed by atoms with Gasteiger partial charge in [-0.3, -0.25) is 4.79 Å². The van der Waals surface area contributed by atoms with Gasteiger partial charge in [0, 0.05) is 24.1 Å². The van der Waals surface area contributed by atoms with Gasteiger partial charge in [-0.2, -0.15) is 0 Å². The van der Waals surface area contributed by atoms with E-state index in [4.69, 9.17) is 0 Å². The molecular weight excluding hydrogens is 226 g/mol. The Morgan fingerprint density at radius 1 is 1.11 bits per heavy atom. The molecule has 3 nitrogen and oxygen atoms in total. The number of benzene rings is 2. The Bertz CT molecular complexity index is 593. The molecule has 2 aromatic rings. The number of phenolic OH excluding ortho intramolecular Hbond substituents is 1. The summed E-state index contributed by atoms with van der Waals surface area (Å²) in [6.45, 7) is 0. The first kappa shape index (κ1) is 10.8. The summed E-state index contributed by atoms with van der Waals surface area (Å²) < 4.78 is 0. The van der Waals surface area contributed by atoms with Crippen molar-refractivity contribution in [1.29, 1.82) is 0 Å². The second-order valence-electron chi connectivity index (χ2n) is 4.49. The van der Waals surface area contributed by atoms with Gasteiger partial charge in [-0.05, 0) is 17.2 Å². The van der Waals surface area contributed by atoms with E-state index in [1.54, 1.807) is 12.1 Å². The lowest BCUT2D eigenvalue weighted by molar-refractivity contribution is -0.116. The SMILES string of the molecule is O=C1C[C@H](c2ccccc2)c2ccc(O)cc2N1. The van der Waals surface area contributed by atoms with E-state index >= 15 is 0 Å². The van der Waals surface area contributed by atoms with Gasteiger partial charge in [-0.25, -0.2) is 0 Å². The summed E-state index contributed by atoms with van der Waals surface area (Å²) in [7, 11) is 0. The summed E-state index contributed by atoms with van der Waals surface area (Å²) in [6, 6.07) is 15.1. The minimum absolute atomic E-state index is 0.0121. The largest absolute Gasteiger partial charge is 0.508 e. The van der Waals surface area contributed by atoms with E-state index in [1.807, 2.05) is 36.4 Å². The molecule has 0 saturated heterocycles. The molecule has 1 aliphatic rings. The van der Waals surface area contributed by atoms with Crippen LogP contribution in [0.2, 0.25) is 0 Å². The van der Waals surface area contributed by atoms with Crippen LogP contribution < -0.4 is 5.32 Å². The highest BCUT2D eigenvalue weighted by molar-refractivity contribution is 5.95. The molecule has 0 saturated carbocycles. The van der Waals surface area contributed by atoms with Crippen LogP contribution in [0.3, 0.4) is 0 Å². The minimum atomic E-state index is -0.0121. The Hall–Kier alpha value is -2.29. The van der Waals surface area contributed by atoms with Gasteiger partial charge in [-0.1, -0.05) is 36.4 Å². The summed E-state index contributed by atoms with van der Waals surface area (Å²) in [5.41, 5.74) is 2.89. The predicted molar refractivity (Wildman–Crippen MR) is 69.6 cm³/mol. The molecule has 0 spiro atoms. The zero-order valence-electron chi connectivity index (χ0n) is 9.76. The Morgan fingerprint density at radius 2 is 1.89 bits per heavy atom. The molecule has 1 heterocycles.